The number of carbonyl (C=O) groups excluding carboxylic acids is 1. The van der Waals surface area contributed by atoms with Gasteiger partial charge >= 0.3 is 0 Å². The summed E-state index contributed by atoms with van der Waals surface area (Å²) in [6, 6.07) is 2.20. The first-order chi connectivity index (χ1) is 7.16. The zero-order valence-corrected chi connectivity index (χ0v) is 9.39. The maximum Gasteiger partial charge on any atom is 0.267 e. The molecule has 1 aromatic rings. The number of aromatic nitrogens is 1. The summed E-state index contributed by atoms with van der Waals surface area (Å²) in [6.07, 6.45) is 4.68. The normalized spacial score (nSPS) is 15.1. The smallest absolute Gasteiger partial charge is 0.267 e. The summed E-state index contributed by atoms with van der Waals surface area (Å²) < 4.78 is 0. The highest BCUT2D eigenvalue weighted by atomic mass is 16.1. The number of nitrogens with one attached hydrogen (secondary N) is 2. The predicted molar refractivity (Wildman–Crippen MR) is 60.0 cm³/mol. The highest BCUT2D eigenvalue weighted by Crippen LogP contribution is 2.21. The van der Waals surface area contributed by atoms with Crippen molar-refractivity contribution in [1.82, 2.24) is 10.3 Å². The molecule has 0 aliphatic heterocycles. The Kier molecular flexibility index (Phi) is 2.80. The van der Waals surface area contributed by atoms with Crippen molar-refractivity contribution in [3.8, 4) is 0 Å². The third-order valence-electron chi connectivity index (χ3n) is 2.78. The van der Waals surface area contributed by atoms with E-state index in [0.29, 0.717) is 0 Å². The second kappa shape index (κ2) is 4.09. The van der Waals surface area contributed by atoms with Gasteiger partial charge in [-0.05, 0) is 51.2 Å². The van der Waals surface area contributed by atoms with E-state index in [1.54, 1.807) is 0 Å². The monoisotopic (exact) mass is 206 g/mol. The molecule has 3 nitrogen and oxygen atoms in total. The van der Waals surface area contributed by atoms with Crippen molar-refractivity contribution < 1.29 is 4.79 Å². The molecular weight excluding hydrogens is 188 g/mol. The van der Waals surface area contributed by atoms with Crippen LogP contribution in [0.15, 0.2) is 6.07 Å². The summed E-state index contributed by atoms with van der Waals surface area (Å²) in [5.41, 5.74) is 3.31. The minimum absolute atomic E-state index is 0.0133. The number of H-pyrrole nitrogens is 1. The molecule has 0 radical (unpaired) electrons. The number of hydrogen-bond donors (Lipinski definition) is 2. The van der Waals surface area contributed by atoms with E-state index in [0.717, 1.165) is 18.5 Å². The number of amides is 1. The van der Waals surface area contributed by atoms with E-state index in [4.69, 9.17) is 0 Å². The maximum atomic E-state index is 11.7. The summed E-state index contributed by atoms with van der Waals surface area (Å²) in [6.45, 7) is 3.95. The Morgan fingerprint density at radius 2 is 2.13 bits per heavy atom. The van der Waals surface area contributed by atoms with Gasteiger partial charge in [-0.25, -0.2) is 0 Å². The van der Waals surface area contributed by atoms with Crippen molar-refractivity contribution in [2.24, 2.45) is 0 Å². The highest BCUT2D eigenvalue weighted by molar-refractivity contribution is 5.93. The van der Waals surface area contributed by atoms with Crippen molar-refractivity contribution >= 4 is 5.91 Å². The molecule has 0 spiro atoms. The maximum absolute atomic E-state index is 11.7. The Morgan fingerprint density at radius 3 is 2.80 bits per heavy atom. The Balaban J connectivity index is 2.15. The third-order valence-corrected chi connectivity index (χ3v) is 2.78. The van der Waals surface area contributed by atoms with Gasteiger partial charge in [0.15, 0.2) is 0 Å². The van der Waals surface area contributed by atoms with E-state index in [1.807, 2.05) is 19.9 Å². The average Bonchev–Trinajstić information content (AvgIpc) is 2.59. The molecule has 15 heavy (non-hydrogen) atoms. The topological polar surface area (TPSA) is 44.9 Å². The molecular formula is C12H18N2O. The van der Waals surface area contributed by atoms with Crippen LogP contribution in [0, 0.1) is 0 Å². The number of rotatable bonds is 2. The minimum atomic E-state index is 0.0133. The van der Waals surface area contributed by atoms with Crippen LogP contribution in [0.2, 0.25) is 0 Å². The lowest BCUT2D eigenvalue weighted by Crippen LogP contribution is -2.30. The zero-order valence-electron chi connectivity index (χ0n) is 9.39. The standard InChI is InChI=1S/C12H18N2O/c1-8(2)13-12(15)11-7-9-5-3-4-6-10(9)14-11/h7-8,14H,3-6H2,1-2H3,(H,13,15). The number of fused-ring (bicyclic) bond motifs is 1. The number of aryl methyl sites for hydroxylation is 2. The lowest BCUT2D eigenvalue weighted by atomic mass is 9.98. The Bertz CT molecular complexity index is 342. The van der Waals surface area contributed by atoms with Gasteiger partial charge in [0.05, 0.1) is 0 Å². The molecule has 0 fully saturated rings. The van der Waals surface area contributed by atoms with Crippen molar-refractivity contribution in [3.05, 3.63) is 23.0 Å². The van der Waals surface area contributed by atoms with Crippen molar-refractivity contribution in [2.75, 3.05) is 0 Å². The molecule has 0 atom stereocenters. The van der Waals surface area contributed by atoms with Crippen LogP contribution in [0.25, 0.3) is 0 Å². The molecule has 0 unspecified atom stereocenters. The van der Waals surface area contributed by atoms with Crippen LogP contribution < -0.4 is 5.32 Å². The molecule has 0 bridgehead atoms. The van der Waals surface area contributed by atoms with Crippen LogP contribution in [-0.4, -0.2) is 16.9 Å². The zero-order chi connectivity index (χ0) is 10.8. The predicted octanol–water partition coefficient (Wildman–Crippen LogP) is 2.03. The molecule has 1 aromatic heterocycles. The second-order valence-electron chi connectivity index (χ2n) is 4.52. The molecule has 3 heteroatoms. The molecule has 1 aliphatic carbocycles. The Hall–Kier alpha value is -1.25. The van der Waals surface area contributed by atoms with Gasteiger partial charge in [-0.3, -0.25) is 4.79 Å². The molecule has 1 heterocycles. The number of carbonyl (C=O) groups is 1. The van der Waals surface area contributed by atoms with Gasteiger partial charge in [0.2, 0.25) is 0 Å². The van der Waals surface area contributed by atoms with Gasteiger partial charge in [0.25, 0.3) is 5.91 Å². The summed E-state index contributed by atoms with van der Waals surface area (Å²) in [5.74, 6) is 0.0133. The molecule has 0 saturated heterocycles. The molecule has 82 valence electrons. The lowest BCUT2D eigenvalue weighted by molar-refractivity contribution is 0.0938. The molecule has 0 aromatic carbocycles. The summed E-state index contributed by atoms with van der Waals surface area (Å²) in [4.78, 5) is 15.0. The van der Waals surface area contributed by atoms with Gasteiger partial charge in [-0.15, -0.1) is 0 Å². The summed E-state index contributed by atoms with van der Waals surface area (Å²) in [5, 5.41) is 2.90. The fourth-order valence-corrected chi connectivity index (χ4v) is 2.07. The van der Waals surface area contributed by atoms with Gasteiger partial charge in [0, 0.05) is 11.7 Å². The quantitative estimate of drug-likeness (QED) is 0.764. The Morgan fingerprint density at radius 1 is 1.40 bits per heavy atom. The molecule has 1 amide bonds. The first-order valence-electron chi connectivity index (χ1n) is 5.68. The van der Waals surface area contributed by atoms with Crippen LogP contribution in [0.1, 0.15) is 48.4 Å². The molecule has 2 rings (SSSR count). The first kappa shape index (κ1) is 10.3. The Labute approximate surface area is 90.3 Å². The van der Waals surface area contributed by atoms with Crippen LogP contribution in [0.4, 0.5) is 0 Å². The third kappa shape index (κ3) is 2.22. The van der Waals surface area contributed by atoms with Gasteiger partial charge < -0.3 is 10.3 Å². The molecule has 1 aliphatic rings. The molecule has 0 saturated carbocycles. The van der Waals surface area contributed by atoms with Crippen LogP contribution >= 0.6 is 0 Å². The van der Waals surface area contributed by atoms with Crippen LogP contribution in [0.5, 0.6) is 0 Å². The van der Waals surface area contributed by atoms with E-state index in [-0.39, 0.29) is 11.9 Å². The van der Waals surface area contributed by atoms with E-state index in [2.05, 4.69) is 10.3 Å². The fraction of sp³-hybridized carbons (Fsp3) is 0.583. The lowest BCUT2D eigenvalue weighted by Gasteiger charge is -2.09. The van der Waals surface area contributed by atoms with Gasteiger partial charge in [-0.1, -0.05) is 0 Å². The van der Waals surface area contributed by atoms with Gasteiger partial charge in [-0.2, -0.15) is 0 Å². The highest BCUT2D eigenvalue weighted by Gasteiger charge is 2.16. The summed E-state index contributed by atoms with van der Waals surface area (Å²) >= 11 is 0. The number of aromatic amines is 1. The van der Waals surface area contributed by atoms with Crippen molar-refractivity contribution in [1.29, 1.82) is 0 Å². The van der Waals surface area contributed by atoms with Gasteiger partial charge in [0.1, 0.15) is 5.69 Å². The fourth-order valence-electron chi connectivity index (χ4n) is 2.07. The molecule has 2 N–H and O–H groups in total. The van der Waals surface area contributed by atoms with E-state index in [9.17, 15) is 4.79 Å². The SMILES string of the molecule is CC(C)NC(=O)c1cc2c([nH]1)CCCC2. The van der Waals surface area contributed by atoms with Crippen molar-refractivity contribution in [3.63, 3.8) is 0 Å². The van der Waals surface area contributed by atoms with Crippen LogP contribution in [0.3, 0.4) is 0 Å². The largest absolute Gasteiger partial charge is 0.354 e. The van der Waals surface area contributed by atoms with E-state index in [1.165, 1.54) is 24.1 Å². The van der Waals surface area contributed by atoms with E-state index < -0.39 is 0 Å². The minimum Gasteiger partial charge on any atom is -0.354 e. The van der Waals surface area contributed by atoms with Crippen molar-refractivity contribution in [2.45, 2.75) is 45.6 Å². The first-order valence-corrected chi connectivity index (χ1v) is 5.68. The van der Waals surface area contributed by atoms with Crippen LogP contribution in [-0.2, 0) is 12.8 Å². The van der Waals surface area contributed by atoms with E-state index >= 15 is 0 Å². The number of hydrogen-bond acceptors (Lipinski definition) is 1. The summed E-state index contributed by atoms with van der Waals surface area (Å²) in [7, 11) is 0. The second-order valence-corrected chi connectivity index (χ2v) is 4.52. The average molecular weight is 206 g/mol.